The average Bonchev–Trinajstić information content (AvgIpc) is 2.53. The molecule has 0 amide bonds. The zero-order valence-electron chi connectivity index (χ0n) is 14.1. The number of likely N-dealkylation sites (N-methyl/N-ethyl adjacent to an activating group) is 1. The molecule has 1 aromatic carbocycles. The van der Waals surface area contributed by atoms with Crippen molar-refractivity contribution in [2.24, 2.45) is 4.99 Å². The van der Waals surface area contributed by atoms with Crippen molar-refractivity contribution in [1.29, 1.82) is 0 Å². The number of hydrogen-bond acceptors (Lipinski definition) is 3. The van der Waals surface area contributed by atoms with Crippen molar-refractivity contribution in [3.8, 4) is 0 Å². The van der Waals surface area contributed by atoms with Crippen LogP contribution in [0.15, 0.2) is 29.3 Å². The largest absolute Gasteiger partial charge is 0.383 e. The van der Waals surface area contributed by atoms with Crippen molar-refractivity contribution in [3.05, 3.63) is 34.9 Å². The number of halogens is 2. The summed E-state index contributed by atoms with van der Waals surface area (Å²) < 4.78 is 5.06. The van der Waals surface area contributed by atoms with Crippen LogP contribution in [0.3, 0.4) is 0 Å². The summed E-state index contributed by atoms with van der Waals surface area (Å²) in [4.78, 5) is 6.47. The van der Waals surface area contributed by atoms with Gasteiger partial charge >= 0.3 is 0 Å². The first kappa shape index (κ1) is 22.4. The van der Waals surface area contributed by atoms with Gasteiger partial charge in [-0.25, -0.2) is 0 Å². The highest BCUT2D eigenvalue weighted by Crippen LogP contribution is 2.14. The van der Waals surface area contributed by atoms with Gasteiger partial charge in [0.25, 0.3) is 0 Å². The molecule has 1 aromatic rings. The Morgan fingerprint density at radius 1 is 1.26 bits per heavy atom. The highest BCUT2D eigenvalue weighted by atomic mass is 127. The number of nitrogens with zero attached hydrogens (tertiary/aromatic N) is 2. The molecule has 0 radical (unpaired) electrons. The highest BCUT2D eigenvalue weighted by Gasteiger charge is 2.02. The van der Waals surface area contributed by atoms with Gasteiger partial charge < -0.3 is 20.3 Å². The topological polar surface area (TPSA) is 48.9 Å². The van der Waals surface area contributed by atoms with Crippen molar-refractivity contribution < 1.29 is 4.74 Å². The fraction of sp³-hybridized carbons (Fsp3) is 0.562. The molecule has 0 aliphatic carbocycles. The molecule has 0 saturated heterocycles. The van der Waals surface area contributed by atoms with E-state index in [4.69, 9.17) is 16.3 Å². The number of rotatable bonds is 9. The maximum atomic E-state index is 6.14. The number of guanidine groups is 1. The zero-order chi connectivity index (χ0) is 16.2. The van der Waals surface area contributed by atoms with Crippen molar-refractivity contribution >= 4 is 41.5 Å². The van der Waals surface area contributed by atoms with Crippen LogP contribution < -0.4 is 10.6 Å². The van der Waals surface area contributed by atoms with Crippen LogP contribution in [0.5, 0.6) is 0 Å². The summed E-state index contributed by atoms with van der Waals surface area (Å²) in [5.74, 6) is 0.791. The second-order valence-electron chi connectivity index (χ2n) is 5.09. The Morgan fingerprint density at radius 3 is 2.65 bits per heavy atom. The maximum Gasteiger partial charge on any atom is 0.191 e. The van der Waals surface area contributed by atoms with Gasteiger partial charge in [-0.05, 0) is 31.6 Å². The van der Waals surface area contributed by atoms with Gasteiger partial charge in [0, 0.05) is 38.8 Å². The van der Waals surface area contributed by atoms with E-state index in [-0.39, 0.29) is 24.0 Å². The fourth-order valence-electron chi connectivity index (χ4n) is 1.96. The van der Waals surface area contributed by atoms with Gasteiger partial charge in [-0.15, -0.1) is 24.0 Å². The number of hydrogen-bond donors (Lipinski definition) is 2. The van der Waals surface area contributed by atoms with Crippen LogP contribution in [-0.4, -0.2) is 58.3 Å². The lowest BCUT2D eigenvalue weighted by atomic mass is 10.2. The summed E-state index contributed by atoms with van der Waals surface area (Å²) in [6, 6.07) is 7.81. The predicted octanol–water partition coefficient (Wildman–Crippen LogP) is 2.59. The lowest BCUT2D eigenvalue weighted by Crippen LogP contribution is -2.38. The summed E-state index contributed by atoms with van der Waals surface area (Å²) in [6.07, 6.45) is 1.05. The first-order valence-corrected chi connectivity index (χ1v) is 7.90. The third-order valence-electron chi connectivity index (χ3n) is 3.31. The lowest BCUT2D eigenvalue weighted by molar-refractivity contribution is 0.161. The predicted molar refractivity (Wildman–Crippen MR) is 109 cm³/mol. The van der Waals surface area contributed by atoms with Crippen LogP contribution in [0.1, 0.15) is 12.0 Å². The first-order valence-electron chi connectivity index (χ1n) is 7.52. The molecule has 132 valence electrons. The lowest BCUT2D eigenvalue weighted by Gasteiger charge is -2.17. The SMILES string of the molecule is CN=C(NCCCN(C)CCOC)NCc1ccccc1Cl.I. The van der Waals surface area contributed by atoms with Crippen molar-refractivity contribution in [1.82, 2.24) is 15.5 Å². The first-order chi connectivity index (χ1) is 10.7. The Morgan fingerprint density at radius 2 is 2.00 bits per heavy atom. The smallest absolute Gasteiger partial charge is 0.191 e. The van der Waals surface area contributed by atoms with Gasteiger partial charge in [0.1, 0.15) is 0 Å². The van der Waals surface area contributed by atoms with E-state index in [2.05, 4.69) is 27.6 Å². The van der Waals surface area contributed by atoms with E-state index in [1.54, 1.807) is 14.2 Å². The Hall–Kier alpha value is -0.570. The van der Waals surface area contributed by atoms with Crippen LogP contribution in [0.4, 0.5) is 0 Å². The van der Waals surface area contributed by atoms with Crippen molar-refractivity contribution in [3.63, 3.8) is 0 Å². The number of ether oxygens (including phenoxy) is 1. The molecule has 0 heterocycles. The van der Waals surface area contributed by atoms with Gasteiger partial charge in [-0.3, -0.25) is 4.99 Å². The molecule has 0 aliphatic rings. The van der Waals surface area contributed by atoms with Gasteiger partial charge in [-0.1, -0.05) is 29.8 Å². The molecule has 2 N–H and O–H groups in total. The second-order valence-corrected chi connectivity index (χ2v) is 5.50. The third-order valence-corrected chi connectivity index (χ3v) is 3.68. The van der Waals surface area contributed by atoms with Crippen LogP contribution in [0, 0.1) is 0 Å². The van der Waals surface area contributed by atoms with E-state index < -0.39 is 0 Å². The van der Waals surface area contributed by atoms with E-state index in [0.717, 1.165) is 49.2 Å². The molecule has 0 saturated carbocycles. The minimum absolute atomic E-state index is 0. The molecule has 5 nitrogen and oxygen atoms in total. The summed E-state index contributed by atoms with van der Waals surface area (Å²) >= 11 is 6.14. The molecule has 0 fully saturated rings. The van der Waals surface area contributed by atoms with E-state index in [1.807, 2.05) is 24.3 Å². The summed E-state index contributed by atoms with van der Waals surface area (Å²) in [5.41, 5.74) is 1.06. The summed E-state index contributed by atoms with van der Waals surface area (Å²) in [5, 5.41) is 7.35. The Bertz CT molecular complexity index is 459. The molecule has 0 aromatic heterocycles. The minimum Gasteiger partial charge on any atom is -0.383 e. The molecule has 0 aliphatic heterocycles. The average molecular weight is 455 g/mol. The van der Waals surface area contributed by atoms with Gasteiger partial charge in [-0.2, -0.15) is 0 Å². The molecule has 7 heteroatoms. The monoisotopic (exact) mass is 454 g/mol. The second kappa shape index (κ2) is 13.8. The van der Waals surface area contributed by atoms with Crippen LogP contribution in [-0.2, 0) is 11.3 Å². The van der Waals surface area contributed by atoms with Gasteiger partial charge in [0.2, 0.25) is 0 Å². The molecule has 23 heavy (non-hydrogen) atoms. The van der Waals surface area contributed by atoms with E-state index in [0.29, 0.717) is 6.54 Å². The normalized spacial score (nSPS) is 11.3. The van der Waals surface area contributed by atoms with Crippen molar-refractivity contribution in [2.75, 3.05) is 47.4 Å². The third kappa shape index (κ3) is 10.0. The number of aliphatic imine (C=N–C) groups is 1. The maximum absolute atomic E-state index is 6.14. The Labute approximate surface area is 161 Å². The van der Waals surface area contributed by atoms with Crippen LogP contribution >= 0.6 is 35.6 Å². The summed E-state index contributed by atoms with van der Waals surface area (Å²) in [6.45, 7) is 4.28. The molecule has 0 spiro atoms. The van der Waals surface area contributed by atoms with Crippen LogP contribution in [0.25, 0.3) is 0 Å². The molecular weight excluding hydrogens is 427 g/mol. The van der Waals surface area contributed by atoms with E-state index in [9.17, 15) is 0 Å². The zero-order valence-corrected chi connectivity index (χ0v) is 17.2. The molecular formula is C16H28ClIN4O. The highest BCUT2D eigenvalue weighted by molar-refractivity contribution is 14.0. The quantitative estimate of drug-likeness (QED) is 0.261. The van der Waals surface area contributed by atoms with Gasteiger partial charge in [0.05, 0.1) is 6.61 Å². The molecule has 0 atom stereocenters. The van der Waals surface area contributed by atoms with Crippen molar-refractivity contribution in [2.45, 2.75) is 13.0 Å². The van der Waals surface area contributed by atoms with Crippen LogP contribution in [0.2, 0.25) is 5.02 Å². The number of benzene rings is 1. The Kier molecular flexibility index (Phi) is 13.5. The molecule has 0 bridgehead atoms. The molecule has 0 unspecified atom stereocenters. The minimum atomic E-state index is 0. The summed E-state index contributed by atoms with van der Waals surface area (Å²) in [7, 11) is 5.60. The number of methoxy groups -OCH3 is 1. The van der Waals surface area contributed by atoms with Gasteiger partial charge in [0.15, 0.2) is 5.96 Å². The van der Waals surface area contributed by atoms with E-state index in [1.165, 1.54) is 0 Å². The molecule has 1 rings (SSSR count). The number of nitrogens with one attached hydrogen (secondary N) is 2. The van der Waals surface area contributed by atoms with E-state index >= 15 is 0 Å². The standard InChI is InChI=1S/C16H27ClN4O.HI/c1-18-16(19-9-6-10-21(2)11-12-22-3)20-13-14-7-4-5-8-15(14)17;/h4-5,7-8H,6,9-13H2,1-3H3,(H2,18,19,20);1H. The fourth-order valence-corrected chi connectivity index (χ4v) is 2.16. The Balaban J connectivity index is 0.00000484.